The Labute approximate surface area is 167 Å². The molecule has 7 nitrogen and oxygen atoms in total. The minimum absolute atomic E-state index is 0.490. The highest BCUT2D eigenvalue weighted by Gasteiger charge is 2.13. The van der Waals surface area contributed by atoms with Gasteiger partial charge in [0.05, 0.1) is 34.1 Å². The van der Waals surface area contributed by atoms with E-state index in [1.54, 1.807) is 0 Å². The molecular weight excluding hydrogens is 364 g/mol. The lowest BCUT2D eigenvalue weighted by atomic mass is 10.1. The number of nitrogens with zero attached hydrogens (tertiary/aromatic N) is 5. The Bertz CT molecular complexity index is 1320. The van der Waals surface area contributed by atoms with E-state index in [0.717, 1.165) is 57.3 Å². The molecule has 0 atom stereocenters. The zero-order chi connectivity index (χ0) is 19.8. The van der Waals surface area contributed by atoms with Gasteiger partial charge in [0.15, 0.2) is 5.82 Å². The fourth-order valence-electron chi connectivity index (χ4n) is 3.55. The van der Waals surface area contributed by atoms with Gasteiger partial charge in [0, 0.05) is 17.4 Å². The molecule has 144 valence electrons. The third-order valence-corrected chi connectivity index (χ3v) is 5.07. The molecule has 0 aliphatic rings. The van der Waals surface area contributed by atoms with Gasteiger partial charge in [-0.3, -0.25) is 5.10 Å². The highest BCUT2D eigenvalue weighted by atomic mass is 16.5. The van der Waals surface area contributed by atoms with Gasteiger partial charge in [0.25, 0.3) is 5.89 Å². The summed E-state index contributed by atoms with van der Waals surface area (Å²) in [5.41, 5.74) is 6.77. The van der Waals surface area contributed by atoms with Crippen LogP contribution in [0.4, 0.5) is 0 Å². The Hall–Kier alpha value is -3.61. The average molecular weight is 384 g/mol. The third-order valence-electron chi connectivity index (χ3n) is 5.07. The zero-order valence-corrected chi connectivity index (χ0v) is 16.3. The molecule has 0 bridgehead atoms. The highest BCUT2D eigenvalue weighted by molar-refractivity contribution is 5.80. The van der Waals surface area contributed by atoms with Gasteiger partial charge >= 0.3 is 0 Å². The molecule has 7 heteroatoms. The maximum Gasteiger partial charge on any atom is 0.258 e. The van der Waals surface area contributed by atoms with Crippen LogP contribution in [-0.4, -0.2) is 30.3 Å². The number of aromatic amines is 1. The van der Waals surface area contributed by atoms with E-state index in [-0.39, 0.29) is 0 Å². The lowest BCUT2D eigenvalue weighted by Crippen LogP contribution is -2.00. The lowest BCUT2D eigenvalue weighted by molar-refractivity contribution is 0.424. The fourth-order valence-corrected chi connectivity index (χ4v) is 3.55. The molecule has 0 radical (unpaired) electrons. The van der Waals surface area contributed by atoms with Crippen molar-refractivity contribution < 1.29 is 4.52 Å². The third kappa shape index (κ3) is 3.24. The number of H-pyrrole nitrogens is 1. The molecule has 5 rings (SSSR count). The lowest BCUT2D eigenvalue weighted by Gasteiger charge is -2.06. The van der Waals surface area contributed by atoms with Gasteiger partial charge in [-0.05, 0) is 42.7 Å². The van der Waals surface area contributed by atoms with Gasteiger partial charge < -0.3 is 4.52 Å². The van der Waals surface area contributed by atoms with Crippen LogP contribution in [-0.2, 0) is 19.3 Å². The summed E-state index contributed by atoms with van der Waals surface area (Å²) >= 11 is 0. The van der Waals surface area contributed by atoms with E-state index in [2.05, 4.69) is 46.3 Å². The summed E-state index contributed by atoms with van der Waals surface area (Å²) in [6, 6.07) is 12.0. The molecule has 29 heavy (non-hydrogen) atoms. The summed E-state index contributed by atoms with van der Waals surface area (Å²) in [5.74, 6) is 1.13. The molecule has 3 aromatic heterocycles. The maximum absolute atomic E-state index is 5.52. The average Bonchev–Trinajstić information content (AvgIpc) is 3.41. The second-order valence-corrected chi connectivity index (χ2v) is 7.01. The Morgan fingerprint density at radius 1 is 0.897 bits per heavy atom. The number of aryl methyl sites for hydroxylation is 2. The van der Waals surface area contributed by atoms with E-state index < -0.39 is 0 Å². The molecule has 0 amide bonds. The molecule has 2 aromatic carbocycles. The van der Waals surface area contributed by atoms with Gasteiger partial charge in [-0.15, -0.1) is 0 Å². The van der Waals surface area contributed by atoms with Crippen molar-refractivity contribution in [2.24, 2.45) is 0 Å². The second kappa shape index (κ2) is 7.09. The highest BCUT2D eigenvalue weighted by Crippen LogP contribution is 2.23. The number of hydrogen-bond donors (Lipinski definition) is 1. The molecular formula is C22H20N6O. The van der Waals surface area contributed by atoms with E-state index in [1.165, 1.54) is 0 Å². The normalized spacial score (nSPS) is 11.5. The number of hydrogen-bond acceptors (Lipinski definition) is 6. The molecule has 1 N–H and O–H groups in total. The van der Waals surface area contributed by atoms with Gasteiger partial charge in [0.2, 0.25) is 0 Å². The van der Waals surface area contributed by atoms with Gasteiger partial charge in [-0.1, -0.05) is 31.1 Å². The van der Waals surface area contributed by atoms with Gasteiger partial charge in [-0.2, -0.15) is 10.1 Å². The summed E-state index contributed by atoms with van der Waals surface area (Å²) in [5, 5.41) is 12.3. The monoisotopic (exact) mass is 384 g/mol. The minimum Gasteiger partial charge on any atom is -0.334 e. The van der Waals surface area contributed by atoms with E-state index in [9.17, 15) is 0 Å². The number of aromatic nitrogens is 6. The van der Waals surface area contributed by atoms with Crippen molar-refractivity contribution in [1.29, 1.82) is 0 Å². The maximum atomic E-state index is 5.52. The van der Waals surface area contributed by atoms with Crippen molar-refractivity contribution >= 4 is 21.9 Å². The topological polar surface area (TPSA) is 93.4 Å². The number of benzene rings is 2. The summed E-state index contributed by atoms with van der Waals surface area (Å²) in [6.07, 6.45) is 4.14. The van der Waals surface area contributed by atoms with Crippen molar-refractivity contribution in [1.82, 2.24) is 30.3 Å². The summed E-state index contributed by atoms with van der Waals surface area (Å²) < 4.78 is 5.52. The Morgan fingerprint density at radius 3 is 2.55 bits per heavy atom. The SMILES string of the molecule is CCc1nc2ccc(-c3nc(Cc4ccc5cn[nH]c5c4)no3)cc2nc1CC. The molecule has 5 aromatic rings. The van der Waals surface area contributed by atoms with Gasteiger partial charge in [-0.25, -0.2) is 9.97 Å². The number of fused-ring (bicyclic) bond motifs is 2. The smallest absolute Gasteiger partial charge is 0.258 e. The quantitative estimate of drug-likeness (QED) is 0.486. The molecule has 0 saturated heterocycles. The Balaban J connectivity index is 1.45. The summed E-state index contributed by atoms with van der Waals surface area (Å²) in [7, 11) is 0. The molecule has 0 spiro atoms. The van der Waals surface area contributed by atoms with Gasteiger partial charge in [0.1, 0.15) is 0 Å². The largest absolute Gasteiger partial charge is 0.334 e. The van der Waals surface area contributed by atoms with E-state index in [0.29, 0.717) is 18.1 Å². The Kier molecular flexibility index (Phi) is 4.27. The predicted molar refractivity (Wildman–Crippen MR) is 110 cm³/mol. The number of rotatable bonds is 5. The molecule has 0 aliphatic carbocycles. The van der Waals surface area contributed by atoms with Crippen molar-refractivity contribution in [2.45, 2.75) is 33.1 Å². The summed E-state index contributed by atoms with van der Waals surface area (Å²) in [6.45, 7) is 4.21. The molecule has 0 fully saturated rings. The van der Waals surface area contributed by atoms with Crippen LogP contribution in [0.5, 0.6) is 0 Å². The van der Waals surface area contributed by atoms with Crippen LogP contribution in [0.1, 0.15) is 36.6 Å². The predicted octanol–water partition coefficient (Wildman–Crippen LogP) is 4.27. The van der Waals surface area contributed by atoms with Crippen LogP contribution in [0.2, 0.25) is 0 Å². The van der Waals surface area contributed by atoms with E-state index in [1.807, 2.05) is 30.5 Å². The van der Waals surface area contributed by atoms with E-state index in [4.69, 9.17) is 14.5 Å². The Morgan fingerprint density at radius 2 is 1.72 bits per heavy atom. The summed E-state index contributed by atoms with van der Waals surface area (Å²) in [4.78, 5) is 14.1. The second-order valence-electron chi connectivity index (χ2n) is 7.01. The van der Waals surface area contributed by atoms with Crippen LogP contribution >= 0.6 is 0 Å². The molecule has 0 unspecified atom stereocenters. The number of nitrogens with one attached hydrogen (secondary N) is 1. The van der Waals surface area contributed by atoms with Crippen LogP contribution in [0, 0.1) is 0 Å². The van der Waals surface area contributed by atoms with Crippen molar-refractivity contribution in [3.05, 3.63) is 65.4 Å². The van der Waals surface area contributed by atoms with Crippen LogP contribution in [0.15, 0.2) is 47.1 Å². The molecule has 0 saturated carbocycles. The first-order chi connectivity index (χ1) is 14.2. The van der Waals surface area contributed by atoms with Crippen molar-refractivity contribution in [3.8, 4) is 11.5 Å². The van der Waals surface area contributed by atoms with Crippen molar-refractivity contribution in [2.75, 3.05) is 0 Å². The van der Waals surface area contributed by atoms with Crippen LogP contribution < -0.4 is 0 Å². The first-order valence-electron chi connectivity index (χ1n) is 9.78. The standard InChI is InChI=1S/C22H20N6O/c1-3-16-17(4-2)25-20-11-14(7-8-18(20)24-16)22-26-21(28-29-22)10-13-5-6-15-12-23-27-19(15)9-13/h5-9,11-12H,3-4,10H2,1-2H3,(H,23,27). The molecule has 0 aliphatic heterocycles. The van der Waals surface area contributed by atoms with Crippen LogP contribution in [0.3, 0.4) is 0 Å². The minimum atomic E-state index is 0.490. The first kappa shape index (κ1) is 17.5. The zero-order valence-electron chi connectivity index (χ0n) is 16.3. The van der Waals surface area contributed by atoms with E-state index >= 15 is 0 Å². The van der Waals surface area contributed by atoms with Crippen LogP contribution in [0.25, 0.3) is 33.4 Å². The van der Waals surface area contributed by atoms with Crippen molar-refractivity contribution in [3.63, 3.8) is 0 Å². The fraction of sp³-hybridized carbons (Fsp3) is 0.227. The first-order valence-corrected chi connectivity index (χ1v) is 9.78. The molecule has 3 heterocycles.